The molecule has 0 spiro atoms. The van der Waals surface area contributed by atoms with E-state index in [1.54, 1.807) is 12.3 Å². The number of anilines is 1. The first-order valence-electron chi connectivity index (χ1n) is 6.88. The van der Waals surface area contributed by atoms with E-state index < -0.39 is 0 Å². The lowest BCUT2D eigenvalue weighted by molar-refractivity contribution is -0.116. The number of carbonyl (C=O) groups is 1. The van der Waals surface area contributed by atoms with Gasteiger partial charge in [-0.05, 0) is 50.9 Å². The lowest BCUT2D eigenvalue weighted by Crippen LogP contribution is -2.15. The Morgan fingerprint density at radius 3 is 3.26 bits per heavy atom. The van der Waals surface area contributed by atoms with Crippen molar-refractivity contribution < 1.29 is 9.53 Å². The molecular formula is C14H21N3O2. The molecule has 1 aromatic heterocycles. The average molecular weight is 263 g/mol. The summed E-state index contributed by atoms with van der Waals surface area (Å²) in [6, 6.07) is 3.60. The molecule has 0 aromatic carbocycles. The van der Waals surface area contributed by atoms with E-state index in [4.69, 9.17) is 4.74 Å². The predicted octanol–water partition coefficient (Wildman–Crippen LogP) is 1.81. The molecule has 0 radical (unpaired) electrons. The molecule has 0 aliphatic carbocycles. The summed E-state index contributed by atoms with van der Waals surface area (Å²) in [5, 5.41) is 6.18. The third-order valence-electron chi connectivity index (χ3n) is 3.27. The van der Waals surface area contributed by atoms with Gasteiger partial charge < -0.3 is 15.4 Å². The molecule has 2 rings (SSSR count). The topological polar surface area (TPSA) is 63.2 Å². The number of hydrogen-bond donors (Lipinski definition) is 2. The van der Waals surface area contributed by atoms with Gasteiger partial charge >= 0.3 is 0 Å². The fourth-order valence-corrected chi connectivity index (χ4v) is 2.25. The highest BCUT2D eigenvalue weighted by molar-refractivity contribution is 5.91. The largest absolute Gasteiger partial charge is 0.476 e. The maximum Gasteiger partial charge on any atom is 0.237 e. The number of hydrogen-bond acceptors (Lipinski definition) is 4. The van der Waals surface area contributed by atoms with E-state index in [2.05, 4.69) is 15.6 Å². The van der Waals surface area contributed by atoms with Gasteiger partial charge in [0.15, 0.2) is 0 Å². The predicted molar refractivity (Wildman–Crippen MR) is 74.2 cm³/mol. The van der Waals surface area contributed by atoms with Crippen molar-refractivity contribution in [3.8, 4) is 5.88 Å². The summed E-state index contributed by atoms with van der Waals surface area (Å²) in [6.45, 7) is 4.54. The van der Waals surface area contributed by atoms with Crippen LogP contribution in [0.3, 0.4) is 0 Å². The molecule has 1 aliphatic heterocycles. The minimum Gasteiger partial charge on any atom is -0.476 e. The molecular weight excluding hydrogens is 242 g/mol. The number of carbonyl (C=O) groups excluding carboxylic acids is 1. The quantitative estimate of drug-likeness (QED) is 0.821. The highest BCUT2D eigenvalue weighted by Crippen LogP contribution is 2.21. The van der Waals surface area contributed by atoms with Crippen LogP contribution in [0.2, 0.25) is 0 Å². The van der Waals surface area contributed by atoms with Crippen molar-refractivity contribution in [1.82, 2.24) is 10.3 Å². The van der Waals surface area contributed by atoms with E-state index in [9.17, 15) is 4.79 Å². The first kappa shape index (κ1) is 13.8. The van der Waals surface area contributed by atoms with Crippen LogP contribution in [0, 0.1) is 5.92 Å². The van der Waals surface area contributed by atoms with Crippen LogP contribution in [0.5, 0.6) is 5.88 Å². The van der Waals surface area contributed by atoms with Crippen LogP contribution >= 0.6 is 0 Å². The first-order valence-corrected chi connectivity index (χ1v) is 6.88. The van der Waals surface area contributed by atoms with Crippen LogP contribution in [0.15, 0.2) is 18.3 Å². The van der Waals surface area contributed by atoms with Crippen molar-refractivity contribution in [2.75, 3.05) is 25.0 Å². The summed E-state index contributed by atoms with van der Waals surface area (Å²) in [4.78, 5) is 16.0. The van der Waals surface area contributed by atoms with E-state index in [0.29, 0.717) is 30.5 Å². The van der Waals surface area contributed by atoms with E-state index in [1.165, 1.54) is 6.42 Å². The van der Waals surface area contributed by atoms with Crippen molar-refractivity contribution in [2.24, 2.45) is 5.92 Å². The Bertz CT molecular complexity index is 417. The minimum absolute atomic E-state index is 0.0286. The minimum atomic E-state index is 0.0286. The van der Waals surface area contributed by atoms with Crippen LogP contribution in [0.25, 0.3) is 0 Å². The van der Waals surface area contributed by atoms with Crippen molar-refractivity contribution in [3.63, 3.8) is 0 Å². The Labute approximate surface area is 113 Å². The number of pyridine rings is 1. The van der Waals surface area contributed by atoms with Gasteiger partial charge in [0, 0.05) is 12.6 Å². The van der Waals surface area contributed by atoms with Crippen molar-refractivity contribution >= 4 is 11.6 Å². The molecule has 2 N–H and O–H groups in total. The number of ether oxygens (including phenoxy) is 1. The fraction of sp³-hybridized carbons (Fsp3) is 0.571. The number of aromatic nitrogens is 1. The average Bonchev–Trinajstić information content (AvgIpc) is 2.92. The van der Waals surface area contributed by atoms with Gasteiger partial charge in [0.1, 0.15) is 5.69 Å². The molecule has 0 saturated carbocycles. The lowest BCUT2D eigenvalue weighted by Gasteiger charge is -2.11. The number of rotatable bonds is 6. The highest BCUT2D eigenvalue weighted by atomic mass is 16.5. The molecule has 19 heavy (non-hydrogen) atoms. The summed E-state index contributed by atoms with van der Waals surface area (Å²) in [5.41, 5.74) is 0.652. The van der Waals surface area contributed by atoms with Crippen LogP contribution in [-0.2, 0) is 4.79 Å². The molecule has 104 valence electrons. The van der Waals surface area contributed by atoms with E-state index >= 15 is 0 Å². The fourth-order valence-electron chi connectivity index (χ4n) is 2.25. The third kappa shape index (κ3) is 4.21. The molecule has 1 aromatic rings. The Kier molecular flexibility index (Phi) is 5.15. The lowest BCUT2D eigenvalue weighted by atomic mass is 10.0. The van der Waals surface area contributed by atoms with Gasteiger partial charge in [0.05, 0.1) is 6.61 Å². The van der Waals surface area contributed by atoms with Gasteiger partial charge in [0.2, 0.25) is 11.8 Å². The van der Waals surface area contributed by atoms with Gasteiger partial charge in [0.25, 0.3) is 0 Å². The zero-order chi connectivity index (χ0) is 13.5. The van der Waals surface area contributed by atoms with E-state index in [-0.39, 0.29) is 5.91 Å². The van der Waals surface area contributed by atoms with Gasteiger partial charge in [-0.2, -0.15) is 0 Å². The highest BCUT2D eigenvalue weighted by Gasteiger charge is 2.16. The van der Waals surface area contributed by atoms with Crippen molar-refractivity contribution in [2.45, 2.75) is 26.2 Å². The van der Waals surface area contributed by atoms with Crippen molar-refractivity contribution in [3.05, 3.63) is 18.3 Å². The van der Waals surface area contributed by atoms with Gasteiger partial charge in [-0.15, -0.1) is 0 Å². The SMILES string of the molecule is CCOc1ncccc1NC(=O)CCC1CCNC1. The summed E-state index contributed by atoms with van der Waals surface area (Å²) < 4.78 is 5.38. The van der Waals surface area contributed by atoms with Crippen LogP contribution in [-0.4, -0.2) is 30.6 Å². The summed E-state index contributed by atoms with van der Waals surface area (Å²) in [5.74, 6) is 1.15. The smallest absolute Gasteiger partial charge is 0.237 e. The second-order valence-corrected chi connectivity index (χ2v) is 4.73. The molecule has 1 amide bonds. The maximum atomic E-state index is 11.9. The molecule has 1 saturated heterocycles. The van der Waals surface area contributed by atoms with Gasteiger partial charge in [-0.1, -0.05) is 0 Å². The Balaban J connectivity index is 1.83. The molecule has 5 nitrogen and oxygen atoms in total. The van der Waals surface area contributed by atoms with Crippen LogP contribution in [0.1, 0.15) is 26.2 Å². The molecule has 5 heteroatoms. The molecule has 1 aliphatic rings. The number of nitrogens with one attached hydrogen (secondary N) is 2. The standard InChI is InChI=1S/C14H21N3O2/c1-2-19-14-12(4-3-8-16-14)17-13(18)6-5-11-7-9-15-10-11/h3-4,8,11,15H,2,5-7,9-10H2,1H3,(H,17,18). The van der Waals surface area contributed by atoms with E-state index in [0.717, 1.165) is 19.5 Å². The molecule has 1 atom stereocenters. The second kappa shape index (κ2) is 7.09. The number of amides is 1. The monoisotopic (exact) mass is 263 g/mol. The Hall–Kier alpha value is -1.62. The second-order valence-electron chi connectivity index (χ2n) is 4.73. The Morgan fingerprint density at radius 1 is 1.63 bits per heavy atom. The summed E-state index contributed by atoms with van der Waals surface area (Å²) in [6.07, 6.45) is 4.31. The number of nitrogens with zero attached hydrogens (tertiary/aromatic N) is 1. The summed E-state index contributed by atoms with van der Waals surface area (Å²) >= 11 is 0. The first-order chi connectivity index (χ1) is 9.29. The Morgan fingerprint density at radius 2 is 2.53 bits per heavy atom. The van der Waals surface area contributed by atoms with Crippen LogP contribution < -0.4 is 15.4 Å². The summed E-state index contributed by atoms with van der Waals surface area (Å²) in [7, 11) is 0. The molecule has 1 unspecified atom stereocenters. The van der Waals surface area contributed by atoms with Gasteiger partial charge in [-0.3, -0.25) is 4.79 Å². The maximum absolute atomic E-state index is 11.9. The van der Waals surface area contributed by atoms with Gasteiger partial charge in [-0.25, -0.2) is 4.98 Å². The zero-order valence-electron chi connectivity index (χ0n) is 11.3. The van der Waals surface area contributed by atoms with Crippen LogP contribution in [0.4, 0.5) is 5.69 Å². The van der Waals surface area contributed by atoms with Crippen molar-refractivity contribution in [1.29, 1.82) is 0 Å². The van der Waals surface area contributed by atoms with E-state index in [1.807, 2.05) is 13.0 Å². The zero-order valence-corrected chi connectivity index (χ0v) is 11.3. The normalized spacial score (nSPS) is 18.3. The third-order valence-corrected chi connectivity index (χ3v) is 3.27. The molecule has 2 heterocycles. The molecule has 0 bridgehead atoms. The molecule has 1 fully saturated rings.